The van der Waals surface area contributed by atoms with Crippen molar-refractivity contribution >= 4 is 17.7 Å². The normalized spacial score (nSPS) is 22.0. The number of aliphatic imine (C=N–C) groups is 1. The molecule has 0 aromatic carbocycles. The fourth-order valence-electron chi connectivity index (χ4n) is 3.28. The zero-order valence-corrected chi connectivity index (χ0v) is 15.5. The van der Waals surface area contributed by atoms with E-state index in [0.717, 1.165) is 36.7 Å². The molecule has 2 atom stereocenters. The van der Waals surface area contributed by atoms with Crippen molar-refractivity contribution in [2.75, 3.05) is 19.0 Å². The number of pyridine rings is 1. The second kappa shape index (κ2) is 8.21. The minimum absolute atomic E-state index is 0.0140. The van der Waals surface area contributed by atoms with Gasteiger partial charge in [-0.1, -0.05) is 0 Å². The molecule has 7 nitrogen and oxygen atoms in total. The molecule has 0 radical (unpaired) electrons. The molecule has 1 fully saturated rings. The molecule has 0 spiro atoms. The highest BCUT2D eigenvalue weighted by atomic mass is 16.6. The van der Waals surface area contributed by atoms with Gasteiger partial charge in [0.1, 0.15) is 23.5 Å². The van der Waals surface area contributed by atoms with Crippen LogP contribution in [-0.2, 0) is 4.74 Å². The van der Waals surface area contributed by atoms with E-state index in [1.807, 2.05) is 26.0 Å². The Hall–Kier alpha value is -2.57. The standard InChI is InChI=1S/C19H26N4O3/c1-12(2)22-19(24)26-15-5-4-13(8-15)14-9-18(20-10-14)23-17-7-6-16(25-3)11-21-17/h6-7,9,11-13,15H,4-5,8,10H2,1-3H3,(H,22,24)(H,20,21,23)/t13-,15+/m0/s1. The van der Waals surface area contributed by atoms with Gasteiger partial charge in [-0.2, -0.15) is 0 Å². The number of carbonyl (C=O) groups is 1. The van der Waals surface area contributed by atoms with Gasteiger partial charge in [-0.05, 0) is 62.8 Å². The number of amides is 1. The van der Waals surface area contributed by atoms with Crippen molar-refractivity contribution in [1.29, 1.82) is 0 Å². The van der Waals surface area contributed by atoms with E-state index in [2.05, 4.69) is 26.7 Å². The van der Waals surface area contributed by atoms with Crippen molar-refractivity contribution in [2.24, 2.45) is 10.9 Å². The molecule has 2 heterocycles. The Bertz CT molecular complexity index is 697. The van der Waals surface area contributed by atoms with Gasteiger partial charge < -0.3 is 20.1 Å². The zero-order valence-electron chi connectivity index (χ0n) is 15.5. The quantitative estimate of drug-likeness (QED) is 0.845. The topological polar surface area (TPSA) is 84.8 Å². The summed E-state index contributed by atoms with van der Waals surface area (Å²) in [5.74, 6) is 2.69. The zero-order chi connectivity index (χ0) is 18.5. The number of anilines is 1. The largest absolute Gasteiger partial charge is 0.495 e. The second-order valence-electron chi connectivity index (χ2n) is 6.97. The SMILES string of the molecule is COc1ccc(NC2=NCC([C@H]3CC[C@@H](OC(=O)NC(C)C)C3)=C2)nc1. The Labute approximate surface area is 153 Å². The van der Waals surface area contributed by atoms with Gasteiger partial charge in [0, 0.05) is 6.04 Å². The van der Waals surface area contributed by atoms with E-state index in [-0.39, 0.29) is 18.2 Å². The molecule has 3 rings (SSSR count). The highest BCUT2D eigenvalue weighted by molar-refractivity contribution is 6.05. The lowest BCUT2D eigenvalue weighted by Gasteiger charge is -2.15. The molecule has 0 bridgehead atoms. The molecule has 2 aliphatic rings. The number of amidine groups is 1. The lowest BCUT2D eigenvalue weighted by atomic mass is 9.98. The molecular formula is C19H26N4O3. The first-order chi connectivity index (χ1) is 12.5. The van der Waals surface area contributed by atoms with E-state index in [4.69, 9.17) is 9.47 Å². The maximum Gasteiger partial charge on any atom is 0.407 e. The third-order valence-corrected chi connectivity index (χ3v) is 4.57. The fraction of sp³-hybridized carbons (Fsp3) is 0.526. The molecule has 2 N–H and O–H groups in total. The second-order valence-corrected chi connectivity index (χ2v) is 6.97. The summed E-state index contributed by atoms with van der Waals surface area (Å²) in [6.45, 7) is 4.53. The average Bonchev–Trinajstić information content (AvgIpc) is 3.24. The number of rotatable bonds is 5. The van der Waals surface area contributed by atoms with Gasteiger partial charge in [0.05, 0.1) is 19.9 Å². The molecule has 7 heteroatoms. The van der Waals surface area contributed by atoms with Gasteiger partial charge in [0.2, 0.25) is 0 Å². The van der Waals surface area contributed by atoms with Crippen LogP contribution in [0.1, 0.15) is 33.1 Å². The van der Waals surface area contributed by atoms with Crippen LogP contribution in [0.5, 0.6) is 5.75 Å². The summed E-state index contributed by atoms with van der Waals surface area (Å²) >= 11 is 0. The number of alkyl carbamates (subject to hydrolysis) is 1. The average molecular weight is 358 g/mol. The molecule has 1 aromatic rings. The van der Waals surface area contributed by atoms with Gasteiger partial charge in [-0.15, -0.1) is 0 Å². The molecule has 1 saturated carbocycles. The Morgan fingerprint density at radius 1 is 1.31 bits per heavy atom. The van der Waals surface area contributed by atoms with Crippen molar-refractivity contribution in [3.8, 4) is 5.75 Å². The Morgan fingerprint density at radius 3 is 2.85 bits per heavy atom. The van der Waals surface area contributed by atoms with Crippen LogP contribution < -0.4 is 15.4 Å². The molecule has 1 amide bonds. The first-order valence-corrected chi connectivity index (χ1v) is 9.02. The van der Waals surface area contributed by atoms with Crippen LogP contribution >= 0.6 is 0 Å². The summed E-state index contributed by atoms with van der Waals surface area (Å²) in [4.78, 5) is 20.6. The number of nitrogens with zero attached hydrogens (tertiary/aromatic N) is 2. The smallest absolute Gasteiger partial charge is 0.407 e. The molecule has 1 aromatic heterocycles. The summed E-state index contributed by atoms with van der Waals surface area (Å²) in [6.07, 6.45) is 6.21. The van der Waals surface area contributed by atoms with Crippen molar-refractivity contribution in [3.63, 3.8) is 0 Å². The molecule has 0 unspecified atom stereocenters. The van der Waals surface area contributed by atoms with Crippen LogP contribution in [-0.4, -0.2) is 42.7 Å². The third kappa shape index (κ3) is 4.74. The first-order valence-electron chi connectivity index (χ1n) is 9.02. The summed E-state index contributed by atoms with van der Waals surface area (Å²) in [6, 6.07) is 3.81. The number of ether oxygens (including phenoxy) is 2. The van der Waals surface area contributed by atoms with Crippen molar-refractivity contribution in [3.05, 3.63) is 30.0 Å². The number of hydrogen-bond acceptors (Lipinski definition) is 6. The molecule has 1 aliphatic carbocycles. The van der Waals surface area contributed by atoms with Gasteiger partial charge in [0.25, 0.3) is 0 Å². The van der Waals surface area contributed by atoms with E-state index in [0.29, 0.717) is 12.5 Å². The summed E-state index contributed by atoms with van der Waals surface area (Å²) in [7, 11) is 1.62. The molecule has 26 heavy (non-hydrogen) atoms. The maximum atomic E-state index is 11.7. The van der Waals surface area contributed by atoms with Gasteiger partial charge in [0.15, 0.2) is 0 Å². The van der Waals surface area contributed by atoms with Crippen LogP contribution in [0.2, 0.25) is 0 Å². The Morgan fingerprint density at radius 2 is 2.15 bits per heavy atom. The molecule has 1 aliphatic heterocycles. The summed E-state index contributed by atoms with van der Waals surface area (Å²) in [5.41, 5.74) is 1.29. The fourth-order valence-corrected chi connectivity index (χ4v) is 3.28. The predicted octanol–water partition coefficient (Wildman–Crippen LogP) is 3.14. The van der Waals surface area contributed by atoms with Crippen LogP contribution in [0.25, 0.3) is 0 Å². The monoisotopic (exact) mass is 358 g/mol. The Kier molecular flexibility index (Phi) is 5.75. The van der Waals surface area contributed by atoms with E-state index in [1.165, 1.54) is 5.57 Å². The minimum Gasteiger partial charge on any atom is -0.495 e. The van der Waals surface area contributed by atoms with Gasteiger partial charge in [-0.3, -0.25) is 4.99 Å². The highest BCUT2D eigenvalue weighted by Crippen LogP contribution is 2.34. The first kappa shape index (κ1) is 18.2. The number of carbonyl (C=O) groups excluding carboxylic acids is 1. The van der Waals surface area contributed by atoms with E-state index in [1.54, 1.807) is 13.3 Å². The molecular weight excluding hydrogens is 332 g/mol. The van der Waals surface area contributed by atoms with Crippen LogP contribution in [0, 0.1) is 5.92 Å². The van der Waals surface area contributed by atoms with Gasteiger partial charge >= 0.3 is 6.09 Å². The lowest BCUT2D eigenvalue weighted by molar-refractivity contribution is 0.0975. The lowest BCUT2D eigenvalue weighted by Crippen LogP contribution is -2.33. The van der Waals surface area contributed by atoms with E-state index >= 15 is 0 Å². The van der Waals surface area contributed by atoms with Crippen LogP contribution in [0.15, 0.2) is 35.0 Å². The van der Waals surface area contributed by atoms with Crippen LogP contribution in [0.4, 0.5) is 10.6 Å². The third-order valence-electron chi connectivity index (χ3n) is 4.57. The number of methoxy groups -OCH3 is 1. The number of aromatic nitrogens is 1. The number of hydrogen-bond donors (Lipinski definition) is 2. The molecule has 140 valence electrons. The number of nitrogens with one attached hydrogen (secondary N) is 2. The highest BCUT2D eigenvalue weighted by Gasteiger charge is 2.31. The minimum atomic E-state index is -0.324. The van der Waals surface area contributed by atoms with Crippen molar-refractivity contribution in [1.82, 2.24) is 10.3 Å². The summed E-state index contributed by atoms with van der Waals surface area (Å²) < 4.78 is 10.6. The maximum absolute atomic E-state index is 11.7. The Balaban J connectivity index is 1.50. The summed E-state index contributed by atoms with van der Waals surface area (Å²) in [5, 5.41) is 5.99. The van der Waals surface area contributed by atoms with Crippen molar-refractivity contribution < 1.29 is 14.3 Å². The predicted molar refractivity (Wildman–Crippen MR) is 101 cm³/mol. The van der Waals surface area contributed by atoms with E-state index in [9.17, 15) is 4.79 Å². The van der Waals surface area contributed by atoms with E-state index < -0.39 is 0 Å². The van der Waals surface area contributed by atoms with Crippen LogP contribution in [0.3, 0.4) is 0 Å². The van der Waals surface area contributed by atoms with Crippen molar-refractivity contribution in [2.45, 2.75) is 45.3 Å². The molecule has 0 saturated heterocycles. The van der Waals surface area contributed by atoms with Gasteiger partial charge in [-0.25, -0.2) is 9.78 Å².